The maximum Gasteiger partial charge on any atom is 0.342 e. The number of esters is 2. The van der Waals surface area contributed by atoms with Crippen molar-refractivity contribution < 1.29 is 28.2 Å². The van der Waals surface area contributed by atoms with Crippen molar-refractivity contribution in [1.29, 1.82) is 0 Å². The fourth-order valence-electron chi connectivity index (χ4n) is 4.35. The number of hydrogen-bond acceptors (Lipinski definition) is 5. The molecular weight excluding hydrogens is 423 g/mol. The molecule has 6 heteroatoms. The third kappa shape index (κ3) is 4.75. The summed E-state index contributed by atoms with van der Waals surface area (Å²) in [5.74, 6) is -1.25. The molecule has 0 heterocycles. The number of fused-ring (bicyclic) bond motifs is 1. The van der Waals surface area contributed by atoms with E-state index in [1.165, 1.54) is 19.2 Å². The lowest BCUT2D eigenvalue weighted by Crippen LogP contribution is -2.11. The number of halogens is 1. The monoisotopic (exact) mass is 448 g/mol. The Balaban J connectivity index is 1.65. The minimum absolute atomic E-state index is 0.105. The predicted octanol–water partition coefficient (Wildman–Crippen LogP) is 5.06. The number of benzene rings is 3. The lowest BCUT2D eigenvalue weighted by Gasteiger charge is -2.17. The van der Waals surface area contributed by atoms with Gasteiger partial charge in [0.05, 0.1) is 19.8 Å². The first kappa shape index (κ1) is 22.5. The molecule has 0 fully saturated rings. The SMILES string of the molecule is COC(=O)c1ccc(Cc2cc(C(=O)OCc3ccccc3)c(OC)c3c2CCC3)cc1F. The number of carbonyl (C=O) groups is 2. The third-order valence-corrected chi connectivity index (χ3v) is 5.91. The van der Waals surface area contributed by atoms with E-state index in [1.807, 2.05) is 30.3 Å². The summed E-state index contributed by atoms with van der Waals surface area (Å²) in [5.41, 5.74) is 4.93. The van der Waals surface area contributed by atoms with Crippen molar-refractivity contribution in [1.82, 2.24) is 0 Å². The Morgan fingerprint density at radius 2 is 1.64 bits per heavy atom. The molecule has 1 aliphatic carbocycles. The molecule has 0 radical (unpaired) electrons. The standard InChI is InChI=1S/C27H25FO5/c1-31-25-21-10-6-9-20(21)19(13-18-11-12-22(24(28)14-18)26(29)32-2)15-23(25)27(30)33-16-17-7-4-3-5-8-17/h3-5,7-8,11-12,14-15H,6,9-10,13,16H2,1-2H3. The van der Waals surface area contributed by atoms with Gasteiger partial charge in [0.25, 0.3) is 0 Å². The summed E-state index contributed by atoms with van der Waals surface area (Å²) < 4.78 is 30.3. The molecule has 0 aromatic heterocycles. The number of methoxy groups -OCH3 is 2. The van der Waals surface area contributed by atoms with Crippen molar-refractivity contribution in [3.8, 4) is 5.75 Å². The molecule has 170 valence electrons. The van der Waals surface area contributed by atoms with Crippen LogP contribution in [0.25, 0.3) is 0 Å². The zero-order valence-electron chi connectivity index (χ0n) is 18.7. The van der Waals surface area contributed by atoms with Crippen LogP contribution in [0.3, 0.4) is 0 Å². The zero-order valence-corrected chi connectivity index (χ0v) is 18.7. The van der Waals surface area contributed by atoms with E-state index in [1.54, 1.807) is 19.2 Å². The summed E-state index contributed by atoms with van der Waals surface area (Å²) in [7, 11) is 2.78. The summed E-state index contributed by atoms with van der Waals surface area (Å²) in [5, 5.41) is 0. The summed E-state index contributed by atoms with van der Waals surface area (Å²) in [4.78, 5) is 24.7. The van der Waals surface area contributed by atoms with Gasteiger partial charge in [0, 0.05) is 0 Å². The van der Waals surface area contributed by atoms with Crippen LogP contribution < -0.4 is 4.74 Å². The van der Waals surface area contributed by atoms with Gasteiger partial charge in [-0.05, 0) is 71.7 Å². The van der Waals surface area contributed by atoms with Gasteiger partial charge in [-0.3, -0.25) is 0 Å². The van der Waals surface area contributed by atoms with Gasteiger partial charge in [-0.1, -0.05) is 36.4 Å². The summed E-state index contributed by atoms with van der Waals surface area (Å²) >= 11 is 0. The topological polar surface area (TPSA) is 61.8 Å². The van der Waals surface area contributed by atoms with E-state index in [2.05, 4.69) is 4.74 Å². The van der Waals surface area contributed by atoms with Crippen molar-refractivity contribution in [3.05, 3.63) is 99.4 Å². The van der Waals surface area contributed by atoms with Crippen LogP contribution in [-0.2, 0) is 35.3 Å². The van der Waals surface area contributed by atoms with Gasteiger partial charge in [0.15, 0.2) is 0 Å². The van der Waals surface area contributed by atoms with E-state index < -0.39 is 17.8 Å². The minimum Gasteiger partial charge on any atom is -0.496 e. The molecule has 0 unspecified atom stereocenters. The van der Waals surface area contributed by atoms with Crippen molar-refractivity contribution >= 4 is 11.9 Å². The van der Waals surface area contributed by atoms with Gasteiger partial charge in [-0.25, -0.2) is 14.0 Å². The van der Waals surface area contributed by atoms with Crippen LogP contribution in [0, 0.1) is 5.82 Å². The van der Waals surface area contributed by atoms with Crippen LogP contribution in [0.5, 0.6) is 5.75 Å². The maximum absolute atomic E-state index is 14.5. The highest BCUT2D eigenvalue weighted by molar-refractivity contribution is 5.94. The molecule has 1 aliphatic rings. The van der Waals surface area contributed by atoms with Crippen molar-refractivity contribution in [2.45, 2.75) is 32.3 Å². The highest BCUT2D eigenvalue weighted by Gasteiger charge is 2.26. The van der Waals surface area contributed by atoms with Crippen molar-refractivity contribution in [2.24, 2.45) is 0 Å². The third-order valence-electron chi connectivity index (χ3n) is 5.91. The number of carbonyl (C=O) groups excluding carboxylic acids is 2. The molecule has 0 aliphatic heterocycles. The van der Waals surface area contributed by atoms with E-state index in [9.17, 15) is 14.0 Å². The minimum atomic E-state index is -0.715. The second-order valence-electron chi connectivity index (χ2n) is 7.97. The Kier molecular flexibility index (Phi) is 6.73. The normalized spacial score (nSPS) is 12.2. The highest BCUT2D eigenvalue weighted by Crippen LogP contribution is 2.38. The smallest absolute Gasteiger partial charge is 0.342 e. The average Bonchev–Trinajstić information content (AvgIpc) is 3.33. The maximum atomic E-state index is 14.5. The first-order chi connectivity index (χ1) is 16.0. The van der Waals surface area contributed by atoms with E-state index in [-0.39, 0.29) is 12.2 Å². The Bertz CT molecular complexity index is 1190. The molecule has 0 spiro atoms. The first-order valence-electron chi connectivity index (χ1n) is 10.8. The van der Waals surface area contributed by atoms with E-state index in [0.29, 0.717) is 23.3 Å². The van der Waals surface area contributed by atoms with Gasteiger partial charge in [-0.2, -0.15) is 0 Å². The van der Waals surface area contributed by atoms with Gasteiger partial charge in [0.1, 0.15) is 23.7 Å². The molecule has 0 N–H and O–H groups in total. The molecular formula is C27H25FO5. The van der Waals surface area contributed by atoms with Crippen LogP contribution in [0.1, 0.15) is 55.0 Å². The van der Waals surface area contributed by atoms with Gasteiger partial charge >= 0.3 is 11.9 Å². The van der Waals surface area contributed by atoms with Gasteiger partial charge in [-0.15, -0.1) is 0 Å². The van der Waals surface area contributed by atoms with Crippen LogP contribution in [0.4, 0.5) is 4.39 Å². The lowest BCUT2D eigenvalue weighted by molar-refractivity contribution is 0.0468. The lowest BCUT2D eigenvalue weighted by atomic mass is 9.93. The van der Waals surface area contributed by atoms with E-state index in [0.717, 1.165) is 41.5 Å². The molecule has 3 aromatic carbocycles. The fourth-order valence-corrected chi connectivity index (χ4v) is 4.35. The van der Waals surface area contributed by atoms with Gasteiger partial charge < -0.3 is 14.2 Å². The highest BCUT2D eigenvalue weighted by atomic mass is 19.1. The van der Waals surface area contributed by atoms with E-state index >= 15 is 0 Å². The Labute approximate surface area is 192 Å². The predicted molar refractivity (Wildman–Crippen MR) is 121 cm³/mol. The Hall–Kier alpha value is -3.67. The molecule has 0 atom stereocenters. The second kappa shape index (κ2) is 9.86. The molecule has 0 amide bonds. The molecule has 0 bridgehead atoms. The quantitative estimate of drug-likeness (QED) is 0.473. The summed E-state index contributed by atoms with van der Waals surface area (Å²) in [6, 6.07) is 15.7. The largest absolute Gasteiger partial charge is 0.496 e. The number of rotatable bonds is 7. The summed E-state index contributed by atoms with van der Waals surface area (Å²) in [6.07, 6.45) is 3.05. The first-order valence-corrected chi connectivity index (χ1v) is 10.8. The zero-order chi connectivity index (χ0) is 23.4. The molecule has 4 rings (SSSR count). The van der Waals surface area contributed by atoms with Crippen LogP contribution in [0.15, 0.2) is 54.6 Å². The summed E-state index contributed by atoms with van der Waals surface area (Å²) in [6.45, 7) is 0.162. The fraction of sp³-hybridized carbons (Fsp3) is 0.259. The second-order valence-corrected chi connectivity index (χ2v) is 7.97. The van der Waals surface area contributed by atoms with E-state index in [4.69, 9.17) is 9.47 Å². The van der Waals surface area contributed by atoms with Crippen molar-refractivity contribution in [3.63, 3.8) is 0 Å². The molecule has 0 saturated carbocycles. The molecule has 3 aromatic rings. The number of ether oxygens (including phenoxy) is 3. The average molecular weight is 448 g/mol. The Morgan fingerprint density at radius 1 is 0.879 bits per heavy atom. The van der Waals surface area contributed by atoms with Crippen LogP contribution in [-0.4, -0.2) is 26.2 Å². The molecule has 33 heavy (non-hydrogen) atoms. The van der Waals surface area contributed by atoms with Crippen LogP contribution >= 0.6 is 0 Å². The van der Waals surface area contributed by atoms with Crippen molar-refractivity contribution in [2.75, 3.05) is 14.2 Å². The van der Waals surface area contributed by atoms with Crippen LogP contribution in [0.2, 0.25) is 0 Å². The number of hydrogen-bond donors (Lipinski definition) is 0. The Morgan fingerprint density at radius 3 is 2.33 bits per heavy atom. The van der Waals surface area contributed by atoms with Gasteiger partial charge in [0.2, 0.25) is 0 Å². The molecule has 0 saturated heterocycles. The molecule has 5 nitrogen and oxygen atoms in total.